The normalized spacial score (nSPS) is 10.9. The lowest BCUT2D eigenvalue weighted by molar-refractivity contribution is -0.930. The number of benzene rings is 3. The maximum atomic E-state index is 12.7. The molecule has 7 heteroatoms. The fourth-order valence-corrected chi connectivity index (χ4v) is 5.24. The topological polar surface area (TPSA) is 90.5 Å². The van der Waals surface area contributed by atoms with E-state index < -0.39 is 0 Å². The molecule has 0 aliphatic rings. The lowest BCUT2D eigenvalue weighted by atomic mass is 10.1. The third-order valence-corrected chi connectivity index (χ3v) is 8.32. The van der Waals surface area contributed by atoms with Crippen molar-refractivity contribution in [1.29, 1.82) is 0 Å². The Labute approximate surface area is 271 Å². The van der Waals surface area contributed by atoms with Crippen molar-refractivity contribution in [1.82, 2.24) is 5.32 Å². The van der Waals surface area contributed by atoms with Gasteiger partial charge < -0.3 is 25.0 Å². The van der Waals surface area contributed by atoms with Crippen molar-refractivity contribution in [2.45, 2.75) is 92.7 Å². The number of amides is 2. The molecule has 0 unspecified atom stereocenters. The van der Waals surface area contributed by atoms with Crippen molar-refractivity contribution < 1.29 is 23.9 Å². The third-order valence-electron chi connectivity index (χ3n) is 8.32. The number of likely N-dealkylation sites (N-methyl/N-ethyl adjacent to an activating group) is 1. The van der Waals surface area contributed by atoms with Crippen LogP contribution in [0, 0.1) is 13.8 Å². The minimum Gasteiger partial charge on any atom is -0.870 e. The third kappa shape index (κ3) is 13.8. The van der Waals surface area contributed by atoms with Gasteiger partial charge >= 0.3 is 0 Å². The van der Waals surface area contributed by atoms with E-state index in [1.165, 1.54) is 44.4 Å². The van der Waals surface area contributed by atoms with Crippen LogP contribution in [0.5, 0.6) is 11.5 Å². The van der Waals surface area contributed by atoms with E-state index in [0.717, 1.165) is 59.3 Å². The van der Waals surface area contributed by atoms with Gasteiger partial charge in [-0.2, -0.15) is 0 Å². The molecule has 0 bridgehead atoms. The number of carbonyl (C=O) groups is 2. The monoisotopic (exact) mass is 617 g/mol. The highest BCUT2D eigenvalue weighted by Gasteiger charge is 2.27. The van der Waals surface area contributed by atoms with E-state index in [4.69, 9.17) is 4.74 Å². The molecule has 0 saturated carbocycles. The Morgan fingerprint density at radius 3 is 2.16 bits per heavy atom. The fraction of sp³-hybridized carbons (Fsp3) is 0.474. The van der Waals surface area contributed by atoms with Crippen LogP contribution >= 0.6 is 0 Å². The number of rotatable bonds is 17. The second kappa shape index (κ2) is 20.2. The molecule has 0 aromatic heterocycles. The first-order chi connectivity index (χ1) is 21.6. The summed E-state index contributed by atoms with van der Waals surface area (Å²) in [6, 6.07) is 21.5. The molecule has 3 aromatic carbocycles. The average molecular weight is 618 g/mol. The summed E-state index contributed by atoms with van der Waals surface area (Å²) in [4.78, 5) is 24.4. The number of nitrogens with one attached hydrogen (secondary N) is 2. The molecule has 0 fully saturated rings. The number of hydrogen-bond donors (Lipinski definition) is 2. The smallest absolute Gasteiger partial charge is 0.279 e. The summed E-state index contributed by atoms with van der Waals surface area (Å²) in [5, 5.41) is 17.4. The van der Waals surface area contributed by atoms with Gasteiger partial charge in [0.15, 0.2) is 6.54 Å². The summed E-state index contributed by atoms with van der Waals surface area (Å²) in [5.41, 5.74) is 5.34. The van der Waals surface area contributed by atoms with Crippen LogP contribution in [-0.2, 0) is 22.7 Å². The molecule has 0 aliphatic heterocycles. The van der Waals surface area contributed by atoms with Gasteiger partial charge in [0.25, 0.3) is 5.91 Å². The van der Waals surface area contributed by atoms with Gasteiger partial charge in [0.1, 0.15) is 12.3 Å². The van der Waals surface area contributed by atoms with Gasteiger partial charge in [0.05, 0.1) is 20.2 Å². The standard InChI is InChI=1S/C21H28N2O.C17H27NO3/c1-5-23(6-2,15-19-10-8-7-9-11-19)16-21(24)22-20-14-17(3)12-13-18(20)4;1-3-4-5-6-7-8-9-17(20)18-13-14-10-11-15(19)16(12-14)21-2/h7-14H,5-6,15-16H2,1-4H3;10-12,19H,3-9,13H2,1-2H3,(H,18,20). The van der Waals surface area contributed by atoms with Gasteiger partial charge in [-0.3, -0.25) is 9.59 Å². The summed E-state index contributed by atoms with van der Waals surface area (Å²) in [6.07, 6.45) is 7.63. The Kier molecular flexibility index (Phi) is 16.8. The highest BCUT2D eigenvalue weighted by molar-refractivity contribution is 5.92. The number of anilines is 1. The van der Waals surface area contributed by atoms with Gasteiger partial charge in [-0.15, -0.1) is 0 Å². The molecular weight excluding hydrogens is 562 g/mol. The maximum absolute atomic E-state index is 12.7. The summed E-state index contributed by atoms with van der Waals surface area (Å²) >= 11 is 0. The maximum Gasteiger partial charge on any atom is 0.279 e. The van der Waals surface area contributed by atoms with E-state index >= 15 is 0 Å². The van der Waals surface area contributed by atoms with Gasteiger partial charge in [-0.05, 0) is 62.9 Å². The SMILES string of the molecule is CCCCCCCCC(=O)NCc1ccc([O-])c(OC)c1.CC[N+](CC)(CC(=O)Nc1cc(C)ccc1C)Cc1ccccc1. The second-order valence-corrected chi connectivity index (χ2v) is 11.9. The van der Waals surface area contributed by atoms with Crippen LogP contribution in [0.25, 0.3) is 0 Å². The molecular formula is C38H55N3O4. The minimum absolute atomic E-state index is 0.0654. The Balaban J connectivity index is 0.000000317. The summed E-state index contributed by atoms with van der Waals surface area (Å²) in [5.74, 6) is 0.330. The van der Waals surface area contributed by atoms with Crippen LogP contribution in [0.4, 0.5) is 5.69 Å². The molecule has 0 aliphatic carbocycles. The van der Waals surface area contributed by atoms with Crippen molar-refractivity contribution in [3.05, 3.63) is 89.0 Å². The number of ether oxygens (including phenoxy) is 1. The Hall–Kier alpha value is -3.84. The highest BCUT2D eigenvalue weighted by atomic mass is 16.5. The summed E-state index contributed by atoms with van der Waals surface area (Å²) in [6.45, 7) is 14.3. The number of methoxy groups -OCH3 is 1. The minimum atomic E-state index is -0.139. The first-order valence-corrected chi connectivity index (χ1v) is 16.5. The zero-order valence-electron chi connectivity index (χ0n) is 28.4. The molecule has 0 radical (unpaired) electrons. The second-order valence-electron chi connectivity index (χ2n) is 11.9. The number of hydrogen-bond acceptors (Lipinski definition) is 4. The van der Waals surface area contributed by atoms with Crippen molar-refractivity contribution in [2.24, 2.45) is 0 Å². The van der Waals surface area contributed by atoms with Crippen molar-refractivity contribution >= 4 is 17.5 Å². The van der Waals surface area contributed by atoms with Crippen LogP contribution in [-0.4, -0.2) is 43.0 Å². The molecule has 0 heterocycles. The first-order valence-electron chi connectivity index (χ1n) is 16.5. The van der Waals surface area contributed by atoms with Gasteiger partial charge in [0, 0.05) is 24.2 Å². The van der Waals surface area contributed by atoms with E-state index in [1.54, 1.807) is 12.1 Å². The summed E-state index contributed by atoms with van der Waals surface area (Å²) in [7, 11) is 1.47. The van der Waals surface area contributed by atoms with E-state index in [0.29, 0.717) is 25.3 Å². The van der Waals surface area contributed by atoms with Gasteiger partial charge in [-0.1, -0.05) is 99.4 Å². The number of carbonyl (C=O) groups excluding carboxylic acids is 2. The molecule has 2 amide bonds. The van der Waals surface area contributed by atoms with Crippen LogP contribution in [0.1, 0.15) is 88.0 Å². The van der Waals surface area contributed by atoms with E-state index in [1.807, 2.05) is 26.0 Å². The molecule has 246 valence electrons. The molecule has 45 heavy (non-hydrogen) atoms. The predicted octanol–water partition coefficient (Wildman–Crippen LogP) is 7.43. The number of quaternary nitrogens is 1. The van der Waals surface area contributed by atoms with Crippen molar-refractivity contribution in [3.63, 3.8) is 0 Å². The van der Waals surface area contributed by atoms with Crippen LogP contribution < -0.4 is 20.5 Å². The van der Waals surface area contributed by atoms with Gasteiger partial charge in [-0.25, -0.2) is 0 Å². The predicted molar refractivity (Wildman–Crippen MR) is 183 cm³/mol. The highest BCUT2D eigenvalue weighted by Crippen LogP contribution is 2.23. The van der Waals surface area contributed by atoms with Crippen LogP contribution in [0.15, 0.2) is 66.7 Å². The molecule has 0 saturated heterocycles. The molecule has 0 atom stereocenters. The lowest BCUT2D eigenvalue weighted by Gasteiger charge is -2.36. The molecule has 3 aromatic rings. The summed E-state index contributed by atoms with van der Waals surface area (Å²) < 4.78 is 5.74. The van der Waals surface area contributed by atoms with E-state index in [2.05, 4.69) is 67.8 Å². The quantitative estimate of drug-likeness (QED) is 0.122. The zero-order valence-corrected chi connectivity index (χ0v) is 28.4. The number of nitrogens with zero attached hydrogens (tertiary/aromatic N) is 1. The largest absolute Gasteiger partial charge is 0.870 e. The van der Waals surface area contributed by atoms with Gasteiger partial charge in [0.2, 0.25) is 5.91 Å². The Morgan fingerprint density at radius 1 is 0.800 bits per heavy atom. The van der Waals surface area contributed by atoms with E-state index in [9.17, 15) is 14.7 Å². The molecule has 3 rings (SSSR count). The van der Waals surface area contributed by atoms with Crippen molar-refractivity contribution in [3.8, 4) is 11.5 Å². The van der Waals surface area contributed by atoms with Crippen molar-refractivity contribution in [2.75, 3.05) is 32.1 Å². The molecule has 2 N–H and O–H groups in total. The number of aryl methyl sites for hydroxylation is 2. The molecule has 0 spiro atoms. The molecule has 7 nitrogen and oxygen atoms in total. The number of unbranched alkanes of at least 4 members (excludes halogenated alkanes) is 5. The first kappa shape index (κ1) is 37.3. The fourth-order valence-electron chi connectivity index (χ4n) is 5.24. The lowest BCUT2D eigenvalue weighted by Crippen LogP contribution is -2.51. The van der Waals surface area contributed by atoms with Crippen LogP contribution in [0.2, 0.25) is 0 Å². The zero-order chi connectivity index (χ0) is 33.1. The Bertz CT molecular complexity index is 1310. The Morgan fingerprint density at radius 2 is 1.49 bits per heavy atom. The van der Waals surface area contributed by atoms with Crippen LogP contribution in [0.3, 0.4) is 0 Å². The average Bonchev–Trinajstić information content (AvgIpc) is 3.04. The van der Waals surface area contributed by atoms with E-state index in [-0.39, 0.29) is 17.6 Å².